The summed E-state index contributed by atoms with van der Waals surface area (Å²) < 4.78 is 5.44. The van der Waals surface area contributed by atoms with Gasteiger partial charge in [0.05, 0.1) is 17.5 Å². The van der Waals surface area contributed by atoms with E-state index in [1.54, 1.807) is 16.7 Å². The molecule has 2 amide bonds. The van der Waals surface area contributed by atoms with E-state index in [2.05, 4.69) is 12.2 Å². The van der Waals surface area contributed by atoms with Crippen LogP contribution in [0.5, 0.6) is 5.75 Å². The number of carbonyl (C=O) groups is 2. The van der Waals surface area contributed by atoms with Gasteiger partial charge < -0.3 is 15.0 Å². The van der Waals surface area contributed by atoms with Gasteiger partial charge in [-0.05, 0) is 44.9 Å². The zero-order valence-corrected chi connectivity index (χ0v) is 15.2. The van der Waals surface area contributed by atoms with Gasteiger partial charge in [0, 0.05) is 12.2 Å². The van der Waals surface area contributed by atoms with Crippen LogP contribution >= 0.6 is 11.8 Å². The van der Waals surface area contributed by atoms with Crippen molar-refractivity contribution < 1.29 is 14.3 Å². The fraction of sp³-hybridized carbons (Fsp3) is 0.556. The number of carbonyl (C=O) groups excluding carboxylic acids is 2. The SMILES string of the molecule is CCOc1ccc(C(C)NC(=O)C2CSC3(C)CCC(=O)N23)cc1. The fourth-order valence-corrected chi connectivity index (χ4v) is 4.86. The highest BCUT2D eigenvalue weighted by atomic mass is 32.2. The summed E-state index contributed by atoms with van der Waals surface area (Å²) in [5, 5.41) is 3.05. The molecular formula is C18H24N2O3S. The Hall–Kier alpha value is -1.69. The number of benzene rings is 1. The average molecular weight is 348 g/mol. The zero-order chi connectivity index (χ0) is 17.3. The standard InChI is InChI=1S/C18H24N2O3S/c1-4-23-14-7-5-13(6-8-14)12(2)19-17(22)15-11-24-18(3)10-9-16(21)20(15)18/h5-8,12,15H,4,9-11H2,1-3H3,(H,19,22). The van der Waals surface area contributed by atoms with Gasteiger partial charge in [0.2, 0.25) is 11.8 Å². The molecule has 1 aromatic rings. The van der Waals surface area contributed by atoms with Crippen LogP contribution in [0.15, 0.2) is 24.3 Å². The lowest BCUT2D eigenvalue weighted by molar-refractivity contribution is -0.138. The maximum atomic E-state index is 12.7. The third-order valence-corrected chi connectivity index (χ3v) is 6.30. The van der Waals surface area contributed by atoms with Crippen LogP contribution in [-0.4, -0.2) is 40.0 Å². The first-order chi connectivity index (χ1) is 11.4. The fourth-order valence-electron chi connectivity index (χ4n) is 3.43. The van der Waals surface area contributed by atoms with Gasteiger partial charge in [-0.3, -0.25) is 9.59 Å². The summed E-state index contributed by atoms with van der Waals surface area (Å²) in [6.45, 7) is 6.60. The van der Waals surface area contributed by atoms with Crippen molar-refractivity contribution in [1.29, 1.82) is 0 Å². The van der Waals surface area contributed by atoms with Crippen LogP contribution < -0.4 is 10.1 Å². The summed E-state index contributed by atoms with van der Waals surface area (Å²) in [6, 6.07) is 7.28. The van der Waals surface area contributed by atoms with Crippen LogP contribution in [0.4, 0.5) is 0 Å². The molecule has 0 radical (unpaired) electrons. The second-order valence-corrected chi connectivity index (χ2v) is 8.00. The topological polar surface area (TPSA) is 58.6 Å². The lowest BCUT2D eigenvalue weighted by Gasteiger charge is -2.30. The molecule has 2 aliphatic rings. The van der Waals surface area contributed by atoms with Crippen molar-refractivity contribution in [3.63, 3.8) is 0 Å². The molecule has 6 heteroatoms. The Balaban J connectivity index is 1.65. The largest absolute Gasteiger partial charge is 0.494 e. The third-order valence-electron chi connectivity index (χ3n) is 4.80. The maximum absolute atomic E-state index is 12.7. The molecule has 0 aliphatic carbocycles. The second-order valence-electron chi connectivity index (χ2n) is 6.50. The van der Waals surface area contributed by atoms with Gasteiger partial charge in [-0.25, -0.2) is 0 Å². The average Bonchev–Trinajstić information content (AvgIpc) is 3.05. The highest BCUT2D eigenvalue weighted by Crippen LogP contribution is 2.47. The molecule has 1 N–H and O–H groups in total. The van der Waals surface area contributed by atoms with E-state index in [0.29, 0.717) is 18.8 Å². The smallest absolute Gasteiger partial charge is 0.244 e. The van der Waals surface area contributed by atoms with Crippen LogP contribution in [0.25, 0.3) is 0 Å². The van der Waals surface area contributed by atoms with Crippen molar-refractivity contribution in [2.75, 3.05) is 12.4 Å². The molecule has 3 rings (SSSR count). The van der Waals surface area contributed by atoms with E-state index in [1.165, 1.54) is 0 Å². The molecule has 3 unspecified atom stereocenters. The summed E-state index contributed by atoms with van der Waals surface area (Å²) >= 11 is 1.71. The van der Waals surface area contributed by atoms with E-state index in [-0.39, 0.29) is 28.8 Å². The number of nitrogens with one attached hydrogen (secondary N) is 1. The molecule has 2 saturated heterocycles. The molecule has 0 spiro atoms. The Morgan fingerprint density at radius 1 is 1.46 bits per heavy atom. The number of nitrogens with zero attached hydrogens (tertiary/aromatic N) is 1. The maximum Gasteiger partial charge on any atom is 0.244 e. The van der Waals surface area contributed by atoms with Crippen LogP contribution in [-0.2, 0) is 9.59 Å². The quantitative estimate of drug-likeness (QED) is 0.889. The minimum absolute atomic E-state index is 0.0668. The van der Waals surface area contributed by atoms with Gasteiger partial charge >= 0.3 is 0 Å². The van der Waals surface area contributed by atoms with E-state index in [9.17, 15) is 9.59 Å². The first-order valence-electron chi connectivity index (χ1n) is 8.44. The Labute approximate surface area is 147 Å². The normalized spacial score (nSPS) is 27.0. The highest BCUT2D eigenvalue weighted by molar-refractivity contribution is 8.01. The lowest BCUT2D eigenvalue weighted by Crippen LogP contribution is -2.50. The second kappa shape index (κ2) is 6.67. The van der Waals surface area contributed by atoms with Crippen LogP contribution in [0.2, 0.25) is 0 Å². The van der Waals surface area contributed by atoms with Gasteiger partial charge in [-0.1, -0.05) is 12.1 Å². The summed E-state index contributed by atoms with van der Waals surface area (Å²) in [7, 11) is 0. The molecule has 1 aromatic carbocycles. The van der Waals surface area contributed by atoms with Crippen molar-refractivity contribution in [3.05, 3.63) is 29.8 Å². The van der Waals surface area contributed by atoms with Crippen LogP contribution in [0.3, 0.4) is 0 Å². The summed E-state index contributed by atoms with van der Waals surface area (Å²) in [4.78, 5) is 26.4. The van der Waals surface area contributed by atoms with E-state index in [0.717, 1.165) is 17.7 Å². The monoisotopic (exact) mass is 348 g/mol. The molecule has 0 saturated carbocycles. The van der Waals surface area contributed by atoms with Gasteiger partial charge in [0.15, 0.2) is 0 Å². The number of thioether (sulfide) groups is 1. The Kier molecular flexibility index (Phi) is 4.76. The molecular weight excluding hydrogens is 324 g/mol. The number of amides is 2. The molecule has 24 heavy (non-hydrogen) atoms. The van der Waals surface area contributed by atoms with Gasteiger partial charge in [-0.15, -0.1) is 11.8 Å². The first-order valence-corrected chi connectivity index (χ1v) is 9.42. The molecule has 2 fully saturated rings. The van der Waals surface area contributed by atoms with Crippen molar-refractivity contribution in [1.82, 2.24) is 10.2 Å². The third kappa shape index (κ3) is 3.11. The van der Waals surface area contributed by atoms with Crippen molar-refractivity contribution >= 4 is 23.6 Å². The van der Waals surface area contributed by atoms with E-state index < -0.39 is 0 Å². The molecule has 3 atom stereocenters. The van der Waals surface area contributed by atoms with Crippen molar-refractivity contribution in [2.24, 2.45) is 0 Å². The molecule has 5 nitrogen and oxygen atoms in total. The number of ether oxygens (including phenoxy) is 1. The molecule has 130 valence electrons. The van der Waals surface area contributed by atoms with E-state index >= 15 is 0 Å². The van der Waals surface area contributed by atoms with Crippen molar-refractivity contribution in [3.8, 4) is 5.75 Å². The lowest BCUT2D eigenvalue weighted by atomic mass is 10.1. The van der Waals surface area contributed by atoms with Crippen LogP contribution in [0.1, 0.15) is 45.2 Å². The van der Waals surface area contributed by atoms with Gasteiger partial charge in [0.25, 0.3) is 0 Å². The number of rotatable bonds is 5. The first kappa shape index (κ1) is 17.1. The minimum atomic E-state index is -0.361. The predicted molar refractivity (Wildman–Crippen MR) is 94.9 cm³/mol. The number of fused-ring (bicyclic) bond motifs is 1. The zero-order valence-electron chi connectivity index (χ0n) is 14.4. The number of hydrogen-bond acceptors (Lipinski definition) is 4. The molecule has 2 heterocycles. The summed E-state index contributed by atoms with van der Waals surface area (Å²) in [5.74, 6) is 1.52. The summed E-state index contributed by atoms with van der Waals surface area (Å²) in [6.07, 6.45) is 1.37. The highest BCUT2D eigenvalue weighted by Gasteiger charge is 2.52. The Morgan fingerprint density at radius 3 is 2.83 bits per heavy atom. The Morgan fingerprint density at radius 2 is 2.17 bits per heavy atom. The molecule has 0 bridgehead atoms. The minimum Gasteiger partial charge on any atom is -0.494 e. The summed E-state index contributed by atoms with van der Waals surface area (Å²) in [5.41, 5.74) is 1.02. The number of hydrogen-bond donors (Lipinski definition) is 1. The van der Waals surface area contributed by atoms with Crippen LogP contribution in [0, 0.1) is 0 Å². The molecule has 2 aliphatic heterocycles. The van der Waals surface area contributed by atoms with Gasteiger partial charge in [-0.2, -0.15) is 0 Å². The van der Waals surface area contributed by atoms with Gasteiger partial charge in [0.1, 0.15) is 11.8 Å². The Bertz CT molecular complexity index is 634. The van der Waals surface area contributed by atoms with Crippen molar-refractivity contribution in [2.45, 2.75) is 50.6 Å². The van der Waals surface area contributed by atoms with E-state index in [4.69, 9.17) is 4.74 Å². The van der Waals surface area contributed by atoms with E-state index in [1.807, 2.05) is 38.1 Å². The molecule has 0 aromatic heterocycles. The predicted octanol–water partition coefficient (Wildman–Crippen LogP) is 2.72.